The third-order valence-corrected chi connectivity index (χ3v) is 5.64. The molecule has 1 aliphatic heterocycles. The summed E-state index contributed by atoms with van der Waals surface area (Å²) in [6, 6.07) is 15.9. The number of ether oxygens (including phenoxy) is 1. The number of pyridine rings is 1. The van der Waals surface area contributed by atoms with Crippen molar-refractivity contribution < 1.29 is 19.1 Å². The van der Waals surface area contributed by atoms with Crippen LogP contribution in [0, 0.1) is 0 Å². The van der Waals surface area contributed by atoms with Crippen LogP contribution in [0.25, 0.3) is 11.1 Å². The summed E-state index contributed by atoms with van der Waals surface area (Å²) in [5.74, 6) is 0.549. The fourth-order valence-corrected chi connectivity index (χ4v) is 3.95. The minimum absolute atomic E-state index is 0.119. The summed E-state index contributed by atoms with van der Waals surface area (Å²) in [6.45, 7) is 3.29. The van der Waals surface area contributed by atoms with Gasteiger partial charge in [-0.25, -0.2) is 4.79 Å². The maximum absolute atomic E-state index is 13.1. The molecule has 34 heavy (non-hydrogen) atoms. The van der Waals surface area contributed by atoms with Gasteiger partial charge >= 0.3 is 6.03 Å². The lowest BCUT2D eigenvalue weighted by molar-refractivity contribution is -0.108. The molecule has 0 saturated heterocycles. The Labute approximate surface area is 198 Å². The number of hydrogen-bond acceptors (Lipinski definition) is 5. The second kappa shape index (κ2) is 10.6. The lowest BCUT2D eigenvalue weighted by Gasteiger charge is -2.25. The van der Waals surface area contributed by atoms with E-state index in [4.69, 9.17) is 4.74 Å². The zero-order valence-electron chi connectivity index (χ0n) is 18.9. The number of aromatic nitrogens is 1. The van der Waals surface area contributed by atoms with Crippen molar-refractivity contribution in [2.24, 2.45) is 0 Å². The van der Waals surface area contributed by atoms with Crippen molar-refractivity contribution in [1.29, 1.82) is 0 Å². The van der Waals surface area contributed by atoms with Crippen LogP contribution in [0.3, 0.4) is 0 Å². The predicted molar refractivity (Wildman–Crippen MR) is 127 cm³/mol. The van der Waals surface area contributed by atoms with Crippen LogP contribution in [0.15, 0.2) is 67.0 Å². The first-order valence-electron chi connectivity index (χ1n) is 11.1. The Kier molecular flexibility index (Phi) is 7.17. The van der Waals surface area contributed by atoms with Gasteiger partial charge in [-0.1, -0.05) is 43.3 Å². The van der Waals surface area contributed by atoms with Gasteiger partial charge in [0.1, 0.15) is 5.75 Å². The number of benzene rings is 2. The van der Waals surface area contributed by atoms with E-state index in [2.05, 4.69) is 15.6 Å². The maximum atomic E-state index is 13.1. The molecule has 1 aromatic heterocycles. The number of carbonyl (C=O) groups is 3. The van der Waals surface area contributed by atoms with E-state index in [0.29, 0.717) is 30.9 Å². The van der Waals surface area contributed by atoms with Crippen LogP contribution in [-0.2, 0) is 11.3 Å². The van der Waals surface area contributed by atoms with E-state index >= 15 is 0 Å². The molecule has 0 unspecified atom stereocenters. The molecule has 1 atom stereocenters. The highest BCUT2D eigenvalue weighted by Gasteiger charge is 2.30. The molecule has 3 aromatic rings. The summed E-state index contributed by atoms with van der Waals surface area (Å²) in [7, 11) is 0. The molecule has 2 heterocycles. The summed E-state index contributed by atoms with van der Waals surface area (Å²) in [5.41, 5.74) is 4.29. The first-order chi connectivity index (χ1) is 16.6. The Balaban J connectivity index is 1.54. The second-order valence-corrected chi connectivity index (χ2v) is 8.01. The van der Waals surface area contributed by atoms with Crippen molar-refractivity contribution >= 4 is 18.3 Å². The van der Waals surface area contributed by atoms with Gasteiger partial charge in [0, 0.05) is 31.0 Å². The van der Waals surface area contributed by atoms with Gasteiger partial charge < -0.3 is 15.0 Å². The molecular formula is C26H26N4O4. The molecule has 0 aliphatic carbocycles. The normalized spacial score (nSPS) is 13.2. The SMILES string of the molecule is CCCOc1ccc2c(c1)C(=O)N(C[C@H](NC(=O)NC=O)c1ccc(-c3cccnc3)cc1)C2. The van der Waals surface area contributed by atoms with E-state index in [1.165, 1.54) is 0 Å². The van der Waals surface area contributed by atoms with Gasteiger partial charge in [-0.3, -0.25) is 19.9 Å². The molecule has 174 valence electrons. The van der Waals surface area contributed by atoms with Crippen molar-refractivity contribution in [1.82, 2.24) is 20.5 Å². The van der Waals surface area contributed by atoms with Crippen molar-refractivity contribution in [3.05, 3.63) is 83.7 Å². The monoisotopic (exact) mass is 458 g/mol. The summed E-state index contributed by atoms with van der Waals surface area (Å²) in [5, 5.41) is 4.90. The quantitative estimate of drug-likeness (QED) is 0.477. The average molecular weight is 459 g/mol. The molecular weight excluding hydrogens is 432 g/mol. The Bertz CT molecular complexity index is 1170. The van der Waals surface area contributed by atoms with Gasteiger partial charge in [0.05, 0.1) is 12.6 Å². The lowest BCUT2D eigenvalue weighted by atomic mass is 10.0. The highest BCUT2D eigenvalue weighted by molar-refractivity contribution is 5.98. The molecule has 0 radical (unpaired) electrons. The van der Waals surface area contributed by atoms with E-state index < -0.39 is 12.1 Å². The van der Waals surface area contributed by atoms with Crippen molar-refractivity contribution in [2.45, 2.75) is 25.9 Å². The molecule has 4 amide bonds. The number of carbonyl (C=O) groups excluding carboxylic acids is 3. The molecule has 0 fully saturated rings. The molecule has 0 bridgehead atoms. The molecule has 8 heteroatoms. The van der Waals surface area contributed by atoms with E-state index in [1.54, 1.807) is 23.4 Å². The molecule has 4 rings (SSSR count). The number of urea groups is 1. The van der Waals surface area contributed by atoms with Crippen molar-refractivity contribution in [3.8, 4) is 16.9 Å². The standard InChI is InChI=1S/C26H26N4O4/c1-2-12-34-22-10-9-21-15-30(25(32)23(21)13-22)16-24(29-26(33)28-17-31)19-7-5-18(6-8-19)20-4-3-11-27-14-20/h3-11,13-14,17,24H,2,12,15-16H2,1H3,(H2,28,29,31,33)/t24-/m0/s1. The van der Waals surface area contributed by atoms with Crippen molar-refractivity contribution in [3.63, 3.8) is 0 Å². The summed E-state index contributed by atoms with van der Waals surface area (Å²) < 4.78 is 5.67. The van der Waals surface area contributed by atoms with Crippen LogP contribution in [0.2, 0.25) is 0 Å². The zero-order chi connectivity index (χ0) is 23.9. The molecule has 1 aliphatic rings. The first-order valence-corrected chi connectivity index (χ1v) is 11.1. The Hall–Kier alpha value is -4.20. The van der Waals surface area contributed by atoms with E-state index in [1.807, 2.05) is 55.5 Å². The zero-order valence-corrected chi connectivity index (χ0v) is 18.9. The van der Waals surface area contributed by atoms with Crippen LogP contribution < -0.4 is 15.4 Å². The van der Waals surface area contributed by atoms with Gasteiger partial charge in [-0.05, 0) is 46.9 Å². The van der Waals surface area contributed by atoms with Crippen LogP contribution in [-0.4, -0.2) is 41.4 Å². The minimum atomic E-state index is -0.629. The molecule has 8 nitrogen and oxygen atoms in total. The molecule has 2 N–H and O–H groups in total. The smallest absolute Gasteiger partial charge is 0.321 e. The van der Waals surface area contributed by atoms with Crippen LogP contribution in [0.1, 0.15) is 40.9 Å². The minimum Gasteiger partial charge on any atom is -0.494 e. The van der Waals surface area contributed by atoms with Crippen molar-refractivity contribution in [2.75, 3.05) is 13.2 Å². The number of hydrogen-bond donors (Lipinski definition) is 2. The fourth-order valence-electron chi connectivity index (χ4n) is 3.95. The van der Waals surface area contributed by atoms with Crippen LogP contribution >= 0.6 is 0 Å². The summed E-state index contributed by atoms with van der Waals surface area (Å²) in [4.78, 5) is 41.8. The summed E-state index contributed by atoms with van der Waals surface area (Å²) >= 11 is 0. The topological polar surface area (TPSA) is 101 Å². The highest BCUT2D eigenvalue weighted by Crippen LogP contribution is 2.29. The molecule has 2 aromatic carbocycles. The van der Waals surface area contributed by atoms with Crippen LogP contribution in [0.4, 0.5) is 4.79 Å². The number of nitrogens with one attached hydrogen (secondary N) is 2. The first kappa shape index (κ1) is 23.0. The van der Waals surface area contributed by atoms with Gasteiger partial charge in [-0.2, -0.15) is 0 Å². The number of nitrogens with zero attached hydrogens (tertiary/aromatic N) is 2. The maximum Gasteiger partial charge on any atom is 0.321 e. The predicted octanol–water partition coefficient (Wildman–Crippen LogP) is 3.69. The molecule has 0 spiro atoms. The number of rotatable bonds is 9. The van der Waals surface area contributed by atoms with E-state index in [-0.39, 0.29) is 12.5 Å². The van der Waals surface area contributed by atoms with Gasteiger partial charge in [0.25, 0.3) is 5.91 Å². The largest absolute Gasteiger partial charge is 0.494 e. The fraction of sp³-hybridized carbons (Fsp3) is 0.231. The Morgan fingerprint density at radius 1 is 1.18 bits per heavy atom. The van der Waals surface area contributed by atoms with E-state index in [9.17, 15) is 14.4 Å². The third kappa shape index (κ3) is 5.23. The highest BCUT2D eigenvalue weighted by atomic mass is 16.5. The average Bonchev–Trinajstić information content (AvgIpc) is 3.17. The Morgan fingerprint density at radius 3 is 2.71 bits per heavy atom. The van der Waals surface area contributed by atoms with Crippen LogP contribution in [0.5, 0.6) is 5.75 Å². The molecule has 0 saturated carbocycles. The summed E-state index contributed by atoms with van der Waals surface area (Å²) in [6.07, 6.45) is 4.70. The van der Waals surface area contributed by atoms with Gasteiger partial charge in [0.15, 0.2) is 0 Å². The lowest BCUT2D eigenvalue weighted by Crippen LogP contribution is -2.42. The van der Waals surface area contributed by atoms with Gasteiger partial charge in [0.2, 0.25) is 6.41 Å². The number of imide groups is 1. The number of amides is 4. The Morgan fingerprint density at radius 2 is 2.00 bits per heavy atom. The number of fused-ring (bicyclic) bond motifs is 1. The second-order valence-electron chi connectivity index (χ2n) is 8.01. The van der Waals surface area contributed by atoms with Gasteiger partial charge in [-0.15, -0.1) is 0 Å². The van der Waals surface area contributed by atoms with E-state index in [0.717, 1.165) is 28.7 Å². The third-order valence-electron chi connectivity index (χ3n) is 5.64.